The lowest BCUT2D eigenvalue weighted by Crippen LogP contribution is -2.58. The first-order valence-electron chi connectivity index (χ1n) is 12.4. The van der Waals surface area contributed by atoms with Gasteiger partial charge < -0.3 is 15.2 Å². The minimum atomic E-state index is -5.12. The largest absolute Gasteiger partial charge is 0.416 e. The van der Waals surface area contributed by atoms with E-state index in [1.54, 1.807) is 20.0 Å². The number of halogens is 6. The fraction of sp³-hybridized carbons (Fsp3) is 0.407. The van der Waals surface area contributed by atoms with Crippen LogP contribution in [-0.2, 0) is 23.7 Å². The van der Waals surface area contributed by atoms with Crippen LogP contribution in [0.25, 0.3) is 10.9 Å². The first-order valence-corrected chi connectivity index (χ1v) is 12.4. The van der Waals surface area contributed by atoms with Gasteiger partial charge in [0, 0.05) is 61.4 Å². The van der Waals surface area contributed by atoms with E-state index in [4.69, 9.17) is 0 Å². The van der Waals surface area contributed by atoms with Crippen LogP contribution in [0.3, 0.4) is 0 Å². The Morgan fingerprint density at radius 3 is 2.10 bits per heavy atom. The van der Waals surface area contributed by atoms with Crippen molar-refractivity contribution in [1.82, 2.24) is 20.1 Å². The molecule has 0 spiro atoms. The number of hydrogen-bond donors (Lipinski definition) is 2. The SMILES string of the molecule is CC(C)N(Cc1c[nH]c2ccccc12)C(=O)C(C(=O)c1cc(C(F)(F)F)cc(C(F)(F)F)c1)N1CCNCC1. The molecule has 1 aliphatic rings. The van der Waals surface area contributed by atoms with E-state index in [1.807, 2.05) is 24.3 Å². The van der Waals surface area contributed by atoms with E-state index < -0.39 is 52.8 Å². The molecule has 1 unspecified atom stereocenters. The molecule has 2 heterocycles. The van der Waals surface area contributed by atoms with Crippen LogP contribution in [0.1, 0.15) is 40.9 Å². The van der Waals surface area contributed by atoms with Gasteiger partial charge in [0.25, 0.3) is 0 Å². The summed E-state index contributed by atoms with van der Waals surface area (Å²) in [4.78, 5) is 33.8. The number of Topliss-reactive ketones (excluding diaryl/α,β-unsaturated/α-hetero) is 1. The number of rotatable bonds is 7. The summed E-state index contributed by atoms with van der Waals surface area (Å²) in [6.07, 6.45) is -8.51. The number of alkyl halides is 6. The Hall–Kier alpha value is -3.38. The van der Waals surface area contributed by atoms with Gasteiger partial charge in [-0.15, -0.1) is 0 Å². The molecule has 2 aromatic carbocycles. The Bertz CT molecular complexity index is 1310. The maximum Gasteiger partial charge on any atom is 0.416 e. The fourth-order valence-corrected chi connectivity index (χ4v) is 4.75. The molecule has 1 amide bonds. The highest BCUT2D eigenvalue weighted by Crippen LogP contribution is 2.37. The van der Waals surface area contributed by atoms with Gasteiger partial charge in [-0.3, -0.25) is 14.5 Å². The van der Waals surface area contributed by atoms with Crippen LogP contribution in [0.2, 0.25) is 0 Å². The lowest BCUT2D eigenvalue weighted by molar-refractivity contribution is -0.143. The molecule has 2 N–H and O–H groups in total. The summed E-state index contributed by atoms with van der Waals surface area (Å²) in [5.74, 6) is -1.80. The molecule has 0 saturated carbocycles. The standard InChI is InChI=1S/C27H28F6N4O2/c1-16(2)37(15-18-14-35-22-6-4-3-5-21(18)22)25(39)23(36-9-7-34-8-10-36)24(38)17-11-19(26(28,29)30)13-20(12-17)27(31,32)33/h3-6,11-14,16,23,34-35H,7-10,15H2,1-2H3. The number of aromatic amines is 1. The Morgan fingerprint density at radius 1 is 0.949 bits per heavy atom. The van der Waals surface area contributed by atoms with Crippen LogP contribution in [-0.4, -0.2) is 64.7 Å². The van der Waals surface area contributed by atoms with Crippen molar-refractivity contribution in [2.24, 2.45) is 0 Å². The van der Waals surface area contributed by atoms with Gasteiger partial charge in [-0.2, -0.15) is 26.3 Å². The molecule has 1 fully saturated rings. The van der Waals surface area contributed by atoms with Gasteiger partial charge >= 0.3 is 12.4 Å². The molecule has 1 saturated heterocycles. The van der Waals surface area contributed by atoms with Gasteiger partial charge in [-0.25, -0.2) is 0 Å². The number of aromatic nitrogens is 1. The number of H-pyrrole nitrogens is 1. The lowest BCUT2D eigenvalue weighted by atomic mass is 9.95. The molecule has 0 aliphatic carbocycles. The van der Waals surface area contributed by atoms with Crippen molar-refractivity contribution < 1.29 is 35.9 Å². The van der Waals surface area contributed by atoms with E-state index in [9.17, 15) is 35.9 Å². The average molecular weight is 555 g/mol. The van der Waals surface area contributed by atoms with Crippen molar-refractivity contribution in [2.75, 3.05) is 26.2 Å². The minimum absolute atomic E-state index is 0.0319. The maximum atomic E-state index is 14.0. The smallest absolute Gasteiger partial charge is 0.361 e. The number of para-hydroxylation sites is 1. The minimum Gasteiger partial charge on any atom is -0.361 e. The molecule has 0 bridgehead atoms. The van der Waals surface area contributed by atoms with E-state index in [2.05, 4.69) is 10.3 Å². The summed E-state index contributed by atoms with van der Waals surface area (Å²) >= 11 is 0. The second-order valence-electron chi connectivity index (χ2n) is 9.77. The molecular formula is C27H28F6N4O2. The van der Waals surface area contributed by atoms with Crippen LogP contribution < -0.4 is 5.32 Å². The molecule has 39 heavy (non-hydrogen) atoms. The number of piperazine rings is 1. The summed E-state index contributed by atoms with van der Waals surface area (Å²) in [7, 11) is 0. The maximum absolute atomic E-state index is 14.0. The summed E-state index contributed by atoms with van der Waals surface area (Å²) in [6.45, 7) is 4.79. The molecule has 6 nitrogen and oxygen atoms in total. The third-order valence-electron chi connectivity index (χ3n) is 6.79. The first-order chi connectivity index (χ1) is 18.3. The van der Waals surface area contributed by atoms with Gasteiger partial charge in [0.05, 0.1) is 11.1 Å². The lowest BCUT2D eigenvalue weighted by Gasteiger charge is -2.37. The number of carbonyl (C=O) groups is 2. The number of carbonyl (C=O) groups excluding carboxylic acids is 2. The highest BCUT2D eigenvalue weighted by Gasteiger charge is 2.41. The molecule has 1 atom stereocenters. The Kier molecular flexibility index (Phi) is 8.08. The summed E-state index contributed by atoms with van der Waals surface area (Å²) < 4.78 is 81.1. The molecule has 4 rings (SSSR count). The van der Waals surface area contributed by atoms with Gasteiger partial charge in [-0.05, 0) is 43.7 Å². The Balaban J connectivity index is 1.76. The predicted octanol–water partition coefficient (Wildman–Crippen LogP) is 5.10. The molecule has 12 heteroatoms. The van der Waals surface area contributed by atoms with E-state index in [0.29, 0.717) is 25.2 Å². The van der Waals surface area contributed by atoms with Crippen molar-refractivity contribution in [1.29, 1.82) is 0 Å². The van der Waals surface area contributed by atoms with Crippen molar-refractivity contribution in [3.63, 3.8) is 0 Å². The van der Waals surface area contributed by atoms with Crippen LogP contribution >= 0.6 is 0 Å². The van der Waals surface area contributed by atoms with Crippen molar-refractivity contribution >= 4 is 22.6 Å². The highest BCUT2D eigenvalue weighted by atomic mass is 19.4. The zero-order valence-corrected chi connectivity index (χ0v) is 21.3. The Labute approximate surface area is 221 Å². The number of fused-ring (bicyclic) bond motifs is 1. The van der Waals surface area contributed by atoms with Gasteiger partial charge in [0.1, 0.15) is 0 Å². The molecule has 1 aliphatic heterocycles. The summed E-state index contributed by atoms with van der Waals surface area (Å²) in [6, 6.07) is 6.14. The van der Waals surface area contributed by atoms with E-state index >= 15 is 0 Å². The molecule has 210 valence electrons. The number of hydrogen-bond acceptors (Lipinski definition) is 4. The molecule has 3 aromatic rings. The third-order valence-corrected chi connectivity index (χ3v) is 6.79. The quantitative estimate of drug-likeness (QED) is 0.242. The Morgan fingerprint density at radius 2 is 1.54 bits per heavy atom. The highest BCUT2D eigenvalue weighted by molar-refractivity contribution is 6.13. The molecule has 0 radical (unpaired) electrons. The number of amides is 1. The number of nitrogens with one attached hydrogen (secondary N) is 2. The van der Waals surface area contributed by atoms with Crippen LogP contribution in [0.5, 0.6) is 0 Å². The van der Waals surface area contributed by atoms with Crippen molar-refractivity contribution in [3.8, 4) is 0 Å². The fourth-order valence-electron chi connectivity index (χ4n) is 4.75. The van der Waals surface area contributed by atoms with Crippen LogP contribution in [0, 0.1) is 0 Å². The third kappa shape index (κ3) is 6.27. The second kappa shape index (κ2) is 11.0. The number of benzene rings is 2. The van der Waals surface area contributed by atoms with E-state index in [-0.39, 0.29) is 25.7 Å². The second-order valence-corrected chi connectivity index (χ2v) is 9.77. The van der Waals surface area contributed by atoms with Crippen LogP contribution in [0.4, 0.5) is 26.3 Å². The molecule has 1 aromatic heterocycles. The van der Waals surface area contributed by atoms with E-state index in [1.165, 1.54) is 9.80 Å². The normalized spacial score (nSPS) is 16.0. The summed E-state index contributed by atoms with van der Waals surface area (Å²) in [5, 5.41) is 3.93. The first kappa shape index (κ1) is 28.6. The monoisotopic (exact) mass is 554 g/mol. The van der Waals surface area contributed by atoms with Crippen LogP contribution in [0.15, 0.2) is 48.7 Å². The van der Waals surface area contributed by atoms with E-state index in [0.717, 1.165) is 16.5 Å². The summed E-state index contributed by atoms with van der Waals surface area (Å²) in [5.41, 5.74) is -2.43. The number of ketones is 1. The van der Waals surface area contributed by atoms with Gasteiger partial charge in [0.2, 0.25) is 5.91 Å². The van der Waals surface area contributed by atoms with Gasteiger partial charge in [-0.1, -0.05) is 18.2 Å². The number of nitrogens with zero attached hydrogens (tertiary/aromatic N) is 2. The van der Waals surface area contributed by atoms with Gasteiger partial charge in [0.15, 0.2) is 11.8 Å². The molecular weight excluding hydrogens is 526 g/mol. The topological polar surface area (TPSA) is 68.4 Å². The average Bonchev–Trinajstić information content (AvgIpc) is 3.29. The van der Waals surface area contributed by atoms with Crippen molar-refractivity contribution in [2.45, 2.75) is 44.8 Å². The predicted molar refractivity (Wildman–Crippen MR) is 133 cm³/mol. The van der Waals surface area contributed by atoms with Crippen molar-refractivity contribution in [3.05, 3.63) is 70.9 Å². The zero-order valence-electron chi connectivity index (χ0n) is 21.3. The zero-order chi connectivity index (χ0) is 28.5.